The van der Waals surface area contributed by atoms with Crippen LogP contribution in [0.2, 0.25) is 0 Å². The summed E-state index contributed by atoms with van der Waals surface area (Å²) >= 11 is 0. The van der Waals surface area contributed by atoms with E-state index in [2.05, 4.69) is 29.5 Å². The molecule has 1 saturated heterocycles. The fourth-order valence-corrected chi connectivity index (χ4v) is 3.38. The van der Waals surface area contributed by atoms with E-state index >= 15 is 0 Å². The van der Waals surface area contributed by atoms with Gasteiger partial charge in [-0.15, -0.1) is 0 Å². The smallest absolute Gasteiger partial charge is 0.257 e. The van der Waals surface area contributed by atoms with E-state index in [1.807, 2.05) is 0 Å². The average molecular weight is 367 g/mol. The molecule has 6 nitrogen and oxygen atoms in total. The molecule has 0 saturated carbocycles. The zero-order valence-electron chi connectivity index (χ0n) is 15.6. The van der Waals surface area contributed by atoms with E-state index in [0.29, 0.717) is 35.2 Å². The third-order valence-electron chi connectivity index (χ3n) is 4.75. The second kappa shape index (κ2) is 8.77. The molecule has 3 rings (SSSR count). The number of nitrogens with one attached hydrogen (secondary N) is 2. The number of carbonyl (C=O) groups excluding carboxylic acids is 2. The lowest BCUT2D eigenvalue weighted by Gasteiger charge is -2.22. The number of amides is 2. The predicted molar refractivity (Wildman–Crippen MR) is 104 cm³/mol. The average Bonchev–Trinajstić information content (AvgIpc) is 3.16. The van der Waals surface area contributed by atoms with Crippen LogP contribution in [0.1, 0.15) is 41.0 Å². The lowest BCUT2D eigenvalue weighted by Crippen LogP contribution is -2.34. The number of hydrogen-bond acceptors (Lipinski definition) is 4. The Morgan fingerprint density at radius 1 is 1.19 bits per heavy atom. The van der Waals surface area contributed by atoms with E-state index in [-0.39, 0.29) is 17.9 Å². The minimum Gasteiger partial charge on any atom is -0.378 e. The molecule has 0 bridgehead atoms. The van der Waals surface area contributed by atoms with Crippen LogP contribution in [0.5, 0.6) is 0 Å². The first-order chi connectivity index (χ1) is 13.0. The van der Waals surface area contributed by atoms with Gasteiger partial charge in [0.1, 0.15) is 0 Å². The topological polar surface area (TPSA) is 80.3 Å². The number of ether oxygens (including phenoxy) is 1. The van der Waals surface area contributed by atoms with Crippen molar-refractivity contribution in [3.63, 3.8) is 0 Å². The van der Waals surface area contributed by atoms with Crippen molar-refractivity contribution in [3.05, 3.63) is 59.9 Å². The van der Waals surface area contributed by atoms with Crippen LogP contribution in [0.3, 0.4) is 0 Å². The molecule has 1 fully saturated rings. The van der Waals surface area contributed by atoms with Crippen molar-refractivity contribution in [1.29, 1.82) is 0 Å². The molecule has 2 heterocycles. The molecule has 27 heavy (non-hydrogen) atoms. The van der Waals surface area contributed by atoms with E-state index in [1.54, 1.807) is 42.6 Å². The summed E-state index contributed by atoms with van der Waals surface area (Å²) in [5, 5.41) is 5.79. The maximum absolute atomic E-state index is 12.5. The van der Waals surface area contributed by atoms with E-state index in [9.17, 15) is 9.59 Å². The quantitative estimate of drug-likeness (QED) is 0.822. The molecule has 0 aliphatic carbocycles. The highest BCUT2D eigenvalue weighted by Gasteiger charge is 2.30. The Morgan fingerprint density at radius 2 is 2.00 bits per heavy atom. The lowest BCUT2D eigenvalue weighted by atomic mass is 9.93. The molecule has 0 radical (unpaired) electrons. The number of pyridine rings is 1. The highest BCUT2D eigenvalue weighted by molar-refractivity contribution is 6.04. The highest BCUT2D eigenvalue weighted by Crippen LogP contribution is 2.26. The number of benzene rings is 1. The standard InChI is InChI=1S/C21H25N3O3/c1-14(2)19-16(8-10-27-19)13-23-20(25)15-5-3-7-18(11-15)24-21(26)17-6-4-9-22-12-17/h3-7,9,11-12,14,16,19H,8,10,13H2,1-2H3,(H,23,25)(H,24,26)/t16-,19+/m1/s1. The van der Waals surface area contributed by atoms with Gasteiger partial charge in [-0.2, -0.15) is 0 Å². The number of hydrogen-bond donors (Lipinski definition) is 2. The monoisotopic (exact) mass is 367 g/mol. The van der Waals surface area contributed by atoms with Gasteiger partial charge in [0.25, 0.3) is 11.8 Å². The number of anilines is 1. The van der Waals surface area contributed by atoms with Crippen LogP contribution < -0.4 is 10.6 Å². The summed E-state index contributed by atoms with van der Waals surface area (Å²) in [6.07, 6.45) is 4.27. The summed E-state index contributed by atoms with van der Waals surface area (Å²) in [4.78, 5) is 28.7. The van der Waals surface area contributed by atoms with Gasteiger partial charge >= 0.3 is 0 Å². The second-order valence-corrected chi connectivity index (χ2v) is 7.11. The molecule has 1 aromatic heterocycles. The fourth-order valence-electron chi connectivity index (χ4n) is 3.38. The van der Waals surface area contributed by atoms with Crippen molar-refractivity contribution >= 4 is 17.5 Å². The minimum atomic E-state index is -0.261. The molecule has 2 aromatic rings. The van der Waals surface area contributed by atoms with E-state index < -0.39 is 0 Å². The van der Waals surface area contributed by atoms with Crippen molar-refractivity contribution in [2.75, 3.05) is 18.5 Å². The molecule has 142 valence electrons. The van der Waals surface area contributed by atoms with Gasteiger partial charge in [0.05, 0.1) is 11.7 Å². The van der Waals surface area contributed by atoms with Crippen molar-refractivity contribution in [2.45, 2.75) is 26.4 Å². The van der Waals surface area contributed by atoms with E-state index in [1.165, 1.54) is 6.20 Å². The van der Waals surface area contributed by atoms with Gasteiger partial charge in [-0.3, -0.25) is 14.6 Å². The first-order valence-electron chi connectivity index (χ1n) is 9.26. The fraction of sp³-hybridized carbons (Fsp3) is 0.381. The van der Waals surface area contributed by atoms with Gasteiger partial charge in [-0.05, 0) is 42.7 Å². The van der Waals surface area contributed by atoms with Crippen LogP contribution in [0.25, 0.3) is 0 Å². The van der Waals surface area contributed by atoms with Crippen LogP contribution >= 0.6 is 0 Å². The van der Waals surface area contributed by atoms with Gasteiger partial charge in [0.2, 0.25) is 0 Å². The van der Waals surface area contributed by atoms with Gasteiger partial charge in [-0.25, -0.2) is 0 Å². The third-order valence-corrected chi connectivity index (χ3v) is 4.75. The maximum atomic E-state index is 12.5. The van der Waals surface area contributed by atoms with Crippen molar-refractivity contribution in [3.8, 4) is 0 Å². The van der Waals surface area contributed by atoms with Crippen molar-refractivity contribution < 1.29 is 14.3 Å². The third kappa shape index (κ3) is 4.92. The summed E-state index contributed by atoms with van der Waals surface area (Å²) in [7, 11) is 0. The van der Waals surface area contributed by atoms with Crippen LogP contribution in [0.15, 0.2) is 48.8 Å². The largest absolute Gasteiger partial charge is 0.378 e. The van der Waals surface area contributed by atoms with Crippen LogP contribution in [-0.4, -0.2) is 36.1 Å². The van der Waals surface area contributed by atoms with Gasteiger partial charge < -0.3 is 15.4 Å². The highest BCUT2D eigenvalue weighted by atomic mass is 16.5. The number of nitrogens with zero attached hydrogens (tertiary/aromatic N) is 1. The maximum Gasteiger partial charge on any atom is 0.257 e. The summed E-state index contributed by atoms with van der Waals surface area (Å²) in [5.41, 5.74) is 1.55. The molecule has 2 atom stereocenters. The molecule has 6 heteroatoms. The van der Waals surface area contributed by atoms with Crippen LogP contribution in [-0.2, 0) is 4.74 Å². The van der Waals surface area contributed by atoms with Crippen molar-refractivity contribution in [2.24, 2.45) is 11.8 Å². The molecule has 2 amide bonds. The zero-order valence-corrected chi connectivity index (χ0v) is 15.6. The molecule has 1 aliphatic heterocycles. The minimum absolute atomic E-state index is 0.151. The first kappa shape index (κ1) is 19.0. The molecular formula is C21H25N3O3. The summed E-state index contributed by atoms with van der Waals surface area (Å²) < 4.78 is 5.77. The van der Waals surface area contributed by atoms with Gasteiger partial charge in [0, 0.05) is 42.7 Å². The molecule has 0 unspecified atom stereocenters. The number of rotatable bonds is 6. The Morgan fingerprint density at radius 3 is 2.74 bits per heavy atom. The van der Waals surface area contributed by atoms with Gasteiger partial charge in [-0.1, -0.05) is 19.9 Å². The molecule has 2 N–H and O–H groups in total. The van der Waals surface area contributed by atoms with Gasteiger partial charge in [0.15, 0.2) is 0 Å². The summed E-state index contributed by atoms with van der Waals surface area (Å²) in [5.74, 6) is 0.355. The Hall–Kier alpha value is -2.73. The molecule has 0 spiro atoms. The lowest BCUT2D eigenvalue weighted by molar-refractivity contribution is 0.0533. The van der Waals surface area contributed by atoms with E-state index in [0.717, 1.165) is 13.0 Å². The molecular weight excluding hydrogens is 342 g/mol. The SMILES string of the molecule is CC(C)[C@@H]1OCC[C@@H]1CNC(=O)c1cccc(NC(=O)c2cccnc2)c1. The second-order valence-electron chi connectivity index (χ2n) is 7.11. The zero-order chi connectivity index (χ0) is 19.2. The molecule has 1 aromatic carbocycles. The van der Waals surface area contributed by atoms with Crippen molar-refractivity contribution in [1.82, 2.24) is 10.3 Å². The number of carbonyl (C=O) groups is 2. The Labute approximate surface area is 159 Å². The summed E-state index contributed by atoms with van der Waals surface area (Å²) in [6.45, 7) is 5.62. The Kier molecular flexibility index (Phi) is 6.19. The number of aromatic nitrogens is 1. The van der Waals surface area contributed by atoms with Crippen LogP contribution in [0, 0.1) is 11.8 Å². The Balaban J connectivity index is 1.59. The first-order valence-corrected chi connectivity index (χ1v) is 9.26. The predicted octanol–water partition coefficient (Wildman–Crippen LogP) is 3.12. The van der Waals surface area contributed by atoms with E-state index in [4.69, 9.17) is 4.74 Å². The van der Waals surface area contributed by atoms with Crippen LogP contribution in [0.4, 0.5) is 5.69 Å². The molecule has 1 aliphatic rings. The normalized spacial score (nSPS) is 19.1. The summed E-state index contributed by atoms with van der Waals surface area (Å²) in [6, 6.07) is 10.3. The Bertz CT molecular complexity index is 792.